The third kappa shape index (κ3) is 1.50. The Kier molecular flexibility index (Phi) is 2.65. The highest BCUT2D eigenvalue weighted by molar-refractivity contribution is 6.41. The Hall–Kier alpha value is -2.15. The molecule has 1 aliphatic carbocycles. The fourth-order valence-corrected chi connectivity index (χ4v) is 3.75. The SMILES string of the molecule is O=C1c2cccc([N+](=O)[O-])c2C2(O)Oc3cc(Cl)ccc3C12Cl. The monoisotopic (exact) mass is 351 g/mol. The molecule has 8 heteroatoms. The average molecular weight is 352 g/mol. The average Bonchev–Trinajstić information content (AvgIpc) is 2.83. The number of nitro groups is 1. The highest BCUT2D eigenvalue weighted by Crippen LogP contribution is 2.63. The molecule has 6 nitrogen and oxygen atoms in total. The van der Waals surface area contributed by atoms with E-state index in [4.69, 9.17) is 27.9 Å². The summed E-state index contributed by atoms with van der Waals surface area (Å²) in [6, 6.07) is 8.31. The predicted octanol–water partition coefficient (Wildman–Crippen LogP) is 3.12. The summed E-state index contributed by atoms with van der Waals surface area (Å²) in [5.41, 5.74) is -0.476. The third-order valence-corrected chi connectivity index (χ3v) is 5.04. The molecular weight excluding hydrogens is 345 g/mol. The Balaban J connectivity index is 2.07. The van der Waals surface area contributed by atoms with Crippen molar-refractivity contribution in [3.63, 3.8) is 0 Å². The van der Waals surface area contributed by atoms with Crippen molar-refractivity contribution in [2.24, 2.45) is 0 Å². The number of hydrogen-bond donors (Lipinski definition) is 1. The molecule has 23 heavy (non-hydrogen) atoms. The molecule has 0 amide bonds. The molecular formula is C15H7Cl2NO5. The lowest BCUT2D eigenvalue weighted by Crippen LogP contribution is -2.44. The first-order chi connectivity index (χ1) is 10.8. The largest absolute Gasteiger partial charge is 0.455 e. The summed E-state index contributed by atoms with van der Waals surface area (Å²) < 4.78 is 5.50. The van der Waals surface area contributed by atoms with E-state index in [2.05, 4.69) is 0 Å². The molecule has 0 radical (unpaired) electrons. The van der Waals surface area contributed by atoms with E-state index in [0.29, 0.717) is 5.02 Å². The number of fused-ring (bicyclic) bond motifs is 5. The van der Waals surface area contributed by atoms with Gasteiger partial charge in [0.2, 0.25) is 4.87 Å². The van der Waals surface area contributed by atoms with Gasteiger partial charge in [-0.15, -0.1) is 0 Å². The minimum absolute atomic E-state index is 0.0303. The van der Waals surface area contributed by atoms with Gasteiger partial charge in [-0.1, -0.05) is 41.4 Å². The van der Waals surface area contributed by atoms with Crippen LogP contribution in [0.3, 0.4) is 0 Å². The molecule has 0 bridgehead atoms. The lowest BCUT2D eigenvalue weighted by atomic mass is 9.91. The number of hydrogen-bond acceptors (Lipinski definition) is 5. The molecule has 2 aromatic carbocycles. The number of carbonyl (C=O) groups excluding carboxylic acids is 1. The normalized spacial score (nSPS) is 27.2. The van der Waals surface area contributed by atoms with Gasteiger partial charge in [0.25, 0.3) is 11.5 Å². The zero-order valence-corrected chi connectivity index (χ0v) is 12.8. The zero-order chi connectivity index (χ0) is 16.6. The van der Waals surface area contributed by atoms with Gasteiger partial charge in [-0.25, -0.2) is 0 Å². The molecule has 2 aromatic rings. The maximum atomic E-state index is 12.8. The lowest BCUT2D eigenvalue weighted by Gasteiger charge is -2.27. The van der Waals surface area contributed by atoms with Gasteiger partial charge in [0, 0.05) is 22.2 Å². The Labute approximate surface area is 139 Å². The molecule has 0 saturated heterocycles. The number of alkyl halides is 1. The van der Waals surface area contributed by atoms with Crippen molar-refractivity contribution in [3.8, 4) is 5.75 Å². The third-order valence-electron chi connectivity index (χ3n) is 4.17. The fourth-order valence-electron chi connectivity index (χ4n) is 3.20. The summed E-state index contributed by atoms with van der Waals surface area (Å²) in [5, 5.41) is 22.6. The van der Waals surface area contributed by atoms with Gasteiger partial charge < -0.3 is 9.84 Å². The minimum atomic E-state index is -2.36. The van der Waals surface area contributed by atoms with E-state index >= 15 is 0 Å². The molecule has 0 aromatic heterocycles. The van der Waals surface area contributed by atoms with Gasteiger partial charge in [-0.05, 0) is 12.1 Å². The van der Waals surface area contributed by atoms with Crippen LogP contribution in [0.2, 0.25) is 5.02 Å². The van der Waals surface area contributed by atoms with Crippen LogP contribution in [0.25, 0.3) is 0 Å². The van der Waals surface area contributed by atoms with E-state index in [9.17, 15) is 20.0 Å². The summed E-state index contributed by atoms with van der Waals surface area (Å²) in [6.07, 6.45) is 0. The Bertz CT molecular complexity index is 915. The molecule has 1 heterocycles. The van der Waals surface area contributed by atoms with Gasteiger partial charge in [-0.2, -0.15) is 0 Å². The van der Waals surface area contributed by atoms with Crippen molar-refractivity contribution in [1.29, 1.82) is 0 Å². The van der Waals surface area contributed by atoms with Crippen molar-refractivity contribution < 1.29 is 19.6 Å². The topological polar surface area (TPSA) is 89.7 Å². The number of Topliss-reactive ketones (excluding diaryl/α,β-unsaturated/α-hetero) is 1. The van der Waals surface area contributed by atoms with Crippen LogP contribution in [0.1, 0.15) is 21.5 Å². The Morgan fingerprint density at radius 3 is 2.70 bits per heavy atom. The van der Waals surface area contributed by atoms with Crippen LogP contribution in [0, 0.1) is 10.1 Å². The maximum Gasteiger partial charge on any atom is 0.280 e. The second kappa shape index (κ2) is 4.23. The van der Waals surface area contributed by atoms with E-state index in [1.807, 2.05) is 0 Å². The Morgan fingerprint density at radius 2 is 2.00 bits per heavy atom. The van der Waals surface area contributed by atoms with Crippen molar-refractivity contribution in [2.45, 2.75) is 10.7 Å². The number of rotatable bonds is 1. The summed E-state index contributed by atoms with van der Waals surface area (Å²) in [5.74, 6) is -2.90. The summed E-state index contributed by atoms with van der Waals surface area (Å²) in [4.78, 5) is 21.4. The molecule has 0 fully saturated rings. The molecule has 1 aliphatic heterocycles. The van der Waals surface area contributed by atoms with Crippen LogP contribution < -0.4 is 4.74 Å². The first kappa shape index (κ1) is 14.4. The Morgan fingerprint density at radius 1 is 1.26 bits per heavy atom. The molecule has 0 spiro atoms. The standard InChI is InChI=1S/C15H7Cl2NO5/c16-7-4-5-9-11(6-7)23-15(20)12-8(13(19)14(9,15)17)2-1-3-10(12)18(21)22/h1-6,20H. The van der Waals surface area contributed by atoms with E-state index < -0.39 is 27.1 Å². The van der Waals surface area contributed by atoms with Gasteiger partial charge in [0.05, 0.1) is 4.92 Å². The predicted molar refractivity (Wildman–Crippen MR) is 80.9 cm³/mol. The molecule has 4 rings (SSSR count). The van der Waals surface area contributed by atoms with Crippen molar-refractivity contribution in [1.82, 2.24) is 0 Å². The highest BCUT2D eigenvalue weighted by atomic mass is 35.5. The van der Waals surface area contributed by atoms with Crippen LogP contribution in [-0.4, -0.2) is 15.8 Å². The summed E-state index contributed by atoms with van der Waals surface area (Å²) in [7, 11) is 0. The van der Waals surface area contributed by atoms with Crippen LogP contribution in [0.15, 0.2) is 36.4 Å². The molecule has 2 aliphatic rings. The molecule has 0 saturated carbocycles. The van der Waals surface area contributed by atoms with Crippen LogP contribution in [0.5, 0.6) is 5.75 Å². The van der Waals surface area contributed by atoms with Gasteiger partial charge in [0.1, 0.15) is 11.3 Å². The first-order valence-corrected chi connectivity index (χ1v) is 7.29. The number of ketones is 1. The zero-order valence-electron chi connectivity index (χ0n) is 11.2. The highest BCUT2D eigenvalue weighted by Gasteiger charge is 2.72. The summed E-state index contributed by atoms with van der Waals surface area (Å²) >= 11 is 12.4. The van der Waals surface area contributed by atoms with Gasteiger partial charge in [-0.3, -0.25) is 14.9 Å². The fraction of sp³-hybridized carbons (Fsp3) is 0.133. The number of nitro benzene ring substituents is 1. The summed E-state index contributed by atoms with van der Waals surface area (Å²) in [6.45, 7) is 0. The second-order valence-electron chi connectivity index (χ2n) is 5.33. The molecule has 2 unspecified atom stereocenters. The number of benzene rings is 2. The van der Waals surface area contributed by atoms with Crippen molar-refractivity contribution >= 4 is 34.7 Å². The van der Waals surface area contributed by atoms with Crippen LogP contribution in [0.4, 0.5) is 5.69 Å². The van der Waals surface area contributed by atoms with Crippen LogP contribution >= 0.6 is 23.2 Å². The van der Waals surface area contributed by atoms with E-state index in [1.165, 1.54) is 36.4 Å². The van der Waals surface area contributed by atoms with Crippen LogP contribution in [-0.2, 0) is 10.7 Å². The molecule has 2 atom stereocenters. The number of carbonyl (C=O) groups is 1. The van der Waals surface area contributed by atoms with E-state index in [1.54, 1.807) is 0 Å². The number of aliphatic hydroxyl groups is 1. The smallest absolute Gasteiger partial charge is 0.280 e. The number of halogens is 2. The quantitative estimate of drug-likeness (QED) is 0.484. The lowest BCUT2D eigenvalue weighted by molar-refractivity contribution is -0.387. The van der Waals surface area contributed by atoms with Crippen molar-refractivity contribution in [3.05, 3.63) is 68.2 Å². The number of ether oxygens (including phenoxy) is 1. The van der Waals surface area contributed by atoms with Crippen molar-refractivity contribution in [2.75, 3.05) is 0 Å². The molecule has 1 N–H and O–H groups in total. The molecule has 116 valence electrons. The van der Waals surface area contributed by atoms with Gasteiger partial charge >= 0.3 is 0 Å². The first-order valence-electron chi connectivity index (χ1n) is 6.53. The minimum Gasteiger partial charge on any atom is -0.455 e. The van der Waals surface area contributed by atoms with E-state index in [0.717, 1.165) is 0 Å². The van der Waals surface area contributed by atoms with E-state index in [-0.39, 0.29) is 22.4 Å². The maximum absolute atomic E-state index is 12.8. The number of nitrogens with zero attached hydrogens (tertiary/aromatic N) is 1. The second-order valence-corrected chi connectivity index (χ2v) is 6.33. The van der Waals surface area contributed by atoms with Gasteiger partial charge in [0.15, 0.2) is 5.78 Å².